The molecular formula is C6H13NO3. The highest BCUT2D eigenvalue weighted by Crippen LogP contribution is 2.02. The number of carboxylic acid groups (broad SMARTS) is 1. The van der Waals surface area contributed by atoms with Crippen LogP contribution in [0, 0.1) is 5.92 Å². The van der Waals surface area contributed by atoms with Gasteiger partial charge in [0.05, 0.1) is 0 Å². The molecule has 0 aromatic carbocycles. The number of rotatable bonds is 3. The summed E-state index contributed by atoms with van der Waals surface area (Å²) in [5.74, 6) is -1.28. The number of aliphatic carboxylic acids is 1. The minimum atomic E-state index is -1.44. The van der Waals surface area contributed by atoms with Crippen molar-refractivity contribution < 1.29 is 15.0 Å². The number of nitrogens with two attached hydrogens (primary N) is 1. The predicted octanol–water partition coefficient (Wildman–Crippen LogP) is -0.585. The summed E-state index contributed by atoms with van der Waals surface area (Å²) in [5.41, 5.74) is 5.33. The highest BCUT2D eigenvalue weighted by atomic mass is 16.4. The van der Waals surface area contributed by atoms with Crippen LogP contribution in [0.3, 0.4) is 0 Å². The number of carboxylic acids is 1. The van der Waals surface area contributed by atoms with Crippen molar-refractivity contribution in [3.8, 4) is 0 Å². The van der Waals surface area contributed by atoms with Gasteiger partial charge in [0.15, 0.2) is 6.10 Å². The number of hydrogen-bond donors (Lipinski definition) is 3. The Balaban J connectivity index is 3.94. The molecule has 10 heavy (non-hydrogen) atoms. The van der Waals surface area contributed by atoms with Gasteiger partial charge in [-0.2, -0.15) is 0 Å². The van der Waals surface area contributed by atoms with Gasteiger partial charge in [-0.3, -0.25) is 0 Å². The Morgan fingerprint density at radius 2 is 1.90 bits per heavy atom. The lowest BCUT2D eigenvalue weighted by Crippen LogP contribution is -2.43. The summed E-state index contributed by atoms with van der Waals surface area (Å²) in [7, 11) is 0. The molecule has 0 heterocycles. The van der Waals surface area contributed by atoms with E-state index in [1.165, 1.54) is 0 Å². The van der Waals surface area contributed by atoms with E-state index in [-0.39, 0.29) is 5.92 Å². The number of aliphatic hydroxyl groups excluding tert-OH is 1. The zero-order valence-electron chi connectivity index (χ0n) is 6.11. The quantitative estimate of drug-likeness (QED) is 0.498. The van der Waals surface area contributed by atoms with Crippen LogP contribution in [0.2, 0.25) is 0 Å². The second kappa shape index (κ2) is 3.53. The molecule has 0 rings (SSSR count). The molecule has 0 aliphatic carbocycles. The van der Waals surface area contributed by atoms with Crippen LogP contribution in [-0.2, 0) is 4.79 Å². The van der Waals surface area contributed by atoms with Crippen LogP contribution in [0.4, 0.5) is 0 Å². The zero-order chi connectivity index (χ0) is 8.31. The average Bonchev–Trinajstić information content (AvgIpc) is 1.84. The van der Waals surface area contributed by atoms with E-state index in [1.54, 1.807) is 13.8 Å². The molecule has 4 heteroatoms. The first-order valence-electron chi connectivity index (χ1n) is 3.13. The molecule has 4 N–H and O–H groups in total. The third-order valence-electron chi connectivity index (χ3n) is 1.39. The van der Waals surface area contributed by atoms with Crippen molar-refractivity contribution in [2.24, 2.45) is 11.7 Å². The zero-order valence-corrected chi connectivity index (χ0v) is 6.11. The van der Waals surface area contributed by atoms with Crippen LogP contribution in [0.1, 0.15) is 13.8 Å². The van der Waals surface area contributed by atoms with Gasteiger partial charge in [0.2, 0.25) is 0 Å². The van der Waals surface area contributed by atoms with E-state index in [2.05, 4.69) is 0 Å². The molecule has 0 bridgehead atoms. The third kappa shape index (κ3) is 2.33. The van der Waals surface area contributed by atoms with Crippen molar-refractivity contribution in [1.82, 2.24) is 0 Å². The van der Waals surface area contributed by atoms with E-state index >= 15 is 0 Å². The number of carbonyl (C=O) groups is 1. The molecular weight excluding hydrogens is 134 g/mol. The minimum absolute atomic E-state index is 0.0221. The topological polar surface area (TPSA) is 83.5 Å². The monoisotopic (exact) mass is 147 g/mol. The summed E-state index contributed by atoms with van der Waals surface area (Å²) in [6.07, 6.45) is -1.44. The molecule has 0 saturated heterocycles. The predicted molar refractivity (Wildman–Crippen MR) is 36.5 cm³/mol. The molecule has 0 aliphatic rings. The van der Waals surface area contributed by atoms with E-state index < -0.39 is 18.1 Å². The van der Waals surface area contributed by atoms with Gasteiger partial charge < -0.3 is 15.9 Å². The molecule has 0 amide bonds. The lowest BCUT2D eigenvalue weighted by Gasteiger charge is -2.17. The Bertz CT molecular complexity index is 124. The lowest BCUT2D eigenvalue weighted by molar-refractivity contribution is -0.148. The SMILES string of the molecule is CC(C)C(N)[C@H](O)C(=O)O. The highest BCUT2D eigenvalue weighted by Gasteiger charge is 2.24. The van der Waals surface area contributed by atoms with Gasteiger partial charge in [0.25, 0.3) is 0 Å². The summed E-state index contributed by atoms with van der Waals surface area (Å²) in [6.45, 7) is 3.52. The third-order valence-corrected chi connectivity index (χ3v) is 1.39. The van der Waals surface area contributed by atoms with Gasteiger partial charge in [-0.15, -0.1) is 0 Å². The van der Waals surface area contributed by atoms with Gasteiger partial charge >= 0.3 is 5.97 Å². The molecule has 1 unspecified atom stereocenters. The smallest absolute Gasteiger partial charge is 0.334 e. The van der Waals surface area contributed by atoms with Crippen molar-refractivity contribution in [3.05, 3.63) is 0 Å². The maximum absolute atomic E-state index is 10.1. The Morgan fingerprint density at radius 1 is 1.50 bits per heavy atom. The van der Waals surface area contributed by atoms with Gasteiger partial charge in [0.1, 0.15) is 0 Å². The van der Waals surface area contributed by atoms with E-state index in [4.69, 9.17) is 15.9 Å². The highest BCUT2D eigenvalue weighted by molar-refractivity contribution is 5.72. The van der Waals surface area contributed by atoms with E-state index in [0.717, 1.165) is 0 Å². The molecule has 0 spiro atoms. The largest absolute Gasteiger partial charge is 0.479 e. The maximum Gasteiger partial charge on any atom is 0.334 e. The van der Waals surface area contributed by atoms with Gasteiger partial charge in [-0.25, -0.2) is 4.79 Å². The summed E-state index contributed by atoms with van der Waals surface area (Å²) >= 11 is 0. The van der Waals surface area contributed by atoms with Gasteiger partial charge in [0, 0.05) is 6.04 Å². The van der Waals surface area contributed by atoms with Gasteiger partial charge in [-0.05, 0) is 5.92 Å². The summed E-state index contributed by atoms with van der Waals surface area (Å²) in [5, 5.41) is 17.1. The lowest BCUT2D eigenvalue weighted by atomic mass is 10.00. The minimum Gasteiger partial charge on any atom is -0.479 e. The van der Waals surface area contributed by atoms with E-state index in [9.17, 15) is 4.79 Å². The van der Waals surface area contributed by atoms with Crippen LogP contribution in [-0.4, -0.2) is 28.3 Å². The molecule has 0 aliphatic heterocycles. The average molecular weight is 147 g/mol. The van der Waals surface area contributed by atoms with Crippen LogP contribution in [0.5, 0.6) is 0 Å². The van der Waals surface area contributed by atoms with Crippen LogP contribution < -0.4 is 5.73 Å². The standard InChI is InChI=1S/C6H13NO3/c1-3(2)4(7)5(8)6(9)10/h3-5,8H,7H2,1-2H3,(H,9,10)/t4?,5-/m0/s1. The molecule has 4 nitrogen and oxygen atoms in total. The van der Waals surface area contributed by atoms with E-state index in [1.807, 2.05) is 0 Å². The fourth-order valence-electron chi connectivity index (χ4n) is 0.529. The first kappa shape index (κ1) is 9.39. The summed E-state index contributed by atoms with van der Waals surface area (Å²) in [4.78, 5) is 10.1. The van der Waals surface area contributed by atoms with Crippen molar-refractivity contribution in [3.63, 3.8) is 0 Å². The molecule has 0 saturated carbocycles. The fourth-order valence-corrected chi connectivity index (χ4v) is 0.529. The Morgan fingerprint density at radius 3 is 2.00 bits per heavy atom. The Kier molecular flexibility index (Phi) is 3.32. The first-order chi connectivity index (χ1) is 4.46. The van der Waals surface area contributed by atoms with Crippen molar-refractivity contribution in [2.45, 2.75) is 26.0 Å². The molecule has 0 radical (unpaired) electrons. The van der Waals surface area contributed by atoms with Crippen molar-refractivity contribution in [1.29, 1.82) is 0 Å². The van der Waals surface area contributed by atoms with Crippen LogP contribution >= 0.6 is 0 Å². The van der Waals surface area contributed by atoms with Crippen molar-refractivity contribution in [2.75, 3.05) is 0 Å². The normalized spacial score (nSPS) is 16.9. The molecule has 0 aromatic rings. The first-order valence-corrected chi connectivity index (χ1v) is 3.13. The molecule has 0 aromatic heterocycles. The summed E-state index contributed by atoms with van der Waals surface area (Å²) in [6, 6.07) is -0.683. The number of aliphatic hydroxyl groups is 1. The maximum atomic E-state index is 10.1. The molecule has 2 atom stereocenters. The van der Waals surface area contributed by atoms with Crippen LogP contribution in [0.25, 0.3) is 0 Å². The second-order valence-corrected chi connectivity index (χ2v) is 2.60. The summed E-state index contributed by atoms with van der Waals surface area (Å²) < 4.78 is 0. The molecule has 60 valence electrons. The van der Waals surface area contributed by atoms with E-state index in [0.29, 0.717) is 0 Å². The van der Waals surface area contributed by atoms with Crippen LogP contribution in [0.15, 0.2) is 0 Å². The second-order valence-electron chi connectivity index (χ2n) is 2.60. The molecule has 0 fully saturated rings. The Hall–Kier alpha value is -0.610. The van der Waals surface area contributed by atoms with Gasteiger partial charge in [-0.1, -0.05) is 13.8 Å². The van der Waals surface area contributed by atoms with Crippen molar-refractivity contribution >= 4 is 5.97 Å². The number of hydrogen-bond acceptors (Lipinski definition) is 3. The Labute approximate surface area is 59.7 Å². The fraction of sp³-hybridized carbons (Fsp3) is 0.833.